The number of hydrogen-bond donors (Lipinski definition) is 0. The molecule has 5 rings (SSSR count). The van der Waals surface area contributed by atoms with Crippen LogP contribution in [0.4, 0.5) is 0 Å². The predicted octanol–water partition coefficient (Wildman–Crippen LogP) is 2.68. The van der Waals surface area contributed by atoms with Crippen LogP contribution < -0.4 is 0 Å². The van der Waals surface area contributed by atoms with Gasteiger partial charge in [0.1, 0.15) is 0 Å². The maximum absolute atomic E-state index is 13.1. The summed E-state index contributed by atoms with van der Waals surface area (Å²) in [6.45, 7) is 6.67. The van der Waals surface area contributed by atoms with Gasteiger partial charge in [-0.05, 0) is 69.2 Å². The fourth-order valence-electron chi connectivity index (χ4n) is 5.88. The highest BCUT2D eigenvalue weighted by atomic mass is 32.2. The number of piperazine rings is 1. The Balaban J connectivity index is 1.10. The maximum Gasteiger partial charge on any atom is 0.226 e. The molecule has 2 aliphatic carbocycles. The van der Waals surface area contributed by atoms with Crippen molar-refractivity contribution in [1.82, 2.24) is 14.7 Å². The Morgan fingerprint density at radius 3 is 2.15 bits per heavy atom. The number of rotatable bonds is 3. The largest absolute Gasteiger partial charge is 0.340 e. The van der Waals surface area contributed by atoms with E-state index in [0.29, 0.717) is 17.2 Å². The minimum atomic E-state index is 0.362. The molecule has 0 radical (unpaired) electrons. The van der Waals surface area contributed by atoms with E-state index < -0.39 is 0 Å². The van der Waals surface area contributed by atoms with Crippen LogP contribution in [0, 0.1) is 11.3 Å². The molecule has 0 N–H and O–H groups in total. The van der Waals surface area contributed by atoms with Crippen molar-refractivity contribution in [3.8, 4) is 0 Å². The van der Waals surface area contributed by atoms with Gasteiger partial charge in [0.25, 0.3) is 0 Å². The van der Waals surface area contributed by atoms with Crippen molar-refractivity contribution in [3.05, 3.63) is 0 Å². The van der Waals surface area contributed by atoms with Crippen molar-refractivity contribution >= 4 is 17.7 Å². The first-order valence-electron chi connectivity index (χ1n) is 11.1. The van der Waals surface area contributed by atoms with Gasteiger partial charge < -0.3 is 4.90 Å². The lowest BCUT2D eigenvalue weighted by Gasteiger charge is -2.43. The van der Waals surface area contributed by atoms with Crippen LogP contribution in [0.3, 0.4) is 0 Å². The fourth-order valence-corrected chi connectivity index (χ4v) is 7.06. The van der Waals surface area contributed by atoms with E-state index in [9.17, 15) is 4.79 Å². The molecule has 0 aromatic rings. The van der Waals surface area contributed by atoms with Crippen LogP contribution in [-0.4, -0.2) is 83.5 Å². The molecule has 1 amide bonds. The third-order valence-electron chi connectivity index (χ3n) is 8.15. The van der Waals surface area contributed by atoms with Gasteiger partial charge in [0.2, 0.25) is 5.91 Å². The summed E-state index contributed by atoms with van der Waals surface area (Å²) in [6.07, 6.45) is 10.7. The average Bonchev–Trinajstić information content (AvgIpc) is 3.35. The van der Waals surface area contributed by atoms with Crippen molar-refractivity contribution in [3.63, 3.8) is 0 Å². The van der Waals surface area contributed by atoms with Crippen LogP contribution in [0.2, 0.25) is 0 Å². The van der Waals surface area contributed by atoms with Crippen LogP contribution in [-0.2, 0) is 4.79 Å². The summed E-state index contributed by atoms with van der Waals surface area (Å²) in [6, 6.07) is 1.65. The Hall–Kier alpha value is -0.260. The molecular formula is C21H35N3OS. The molecule has 2 saturated carbocycles. The van der Waals surface area contributed by atoms with Crippen molar-refractivity contribution in [2.75, 3.05) is 50.8 Å². The Labute approximate surface area is 163 Å². The van der Waals surface area contributed by atoms with E-state index in [1.807, 2.05) is 0 Å². The summed E-state index contributed by atoms with van der Waals surface area (Å²) in [7, 11) is 0. The molecule has 0 aromatic carbocycles. The van der Waals surface area contributed by atoms with Gasteiger partial charge in [-0.15, -0.1) is 0 Å². The number of hydrogen-bond acceptors (Lipinski definition) is 4. The lowest BCUT2D eigenvalue weighted by Crippen LogP contribution is -2.54. The summed E-state index contributed by atoms with van der Waals surface area (Å²) in [5.74, 6) is 3.56. The first-order chi connectivity index (χ1) is 12.8. The van der Waals surface area contributed by atoms with E-state index in [2.05, 4.69) is 26.5 Å². The van der Waals surface area contributed by atoms with Crippen molar-refractivity contribution < 1.29 is 4.79 Å². The third-order valence-corrected chi connectivity index (χ3v) is 9.35. The predicted molar refractivity (Wildman–Crippen MR) is 107 cm³/mol. The Kier molecular flexibility index (Phi) is 4.99. The second-order valence-electron chi connectivity index (χ2n) is 9.47. The van der Waals surface area contributed by atoms with Gasteiger partial charge in [-0.3, -0.25) is 14.6 Å². The van der Waals surface area contributed by atoms with E-state index in [0.717, 1.165) is 38.3 Å². The van der Waals surface area contributed by atoms with E-state index >= 15 is 0 Å². The molecule has 2 unspecified atom stereocenters. The fraction of sp³-hybridized carbons (Fsp3) is 0.952. The molecule has 2 atom stereocenters. The monoisotopic (exact) mass is 377 g/mol. The number of carbonyl (C=O) groups is 1. The number of amides is 1. The topological polar surface area (TPSA) is 26.8 Å². The molecule has 0 bridgehead atoms. The highest BCUT2D eigenvalue weighted by Crippen LogP contribution is 2.60. The van der Waals surface area contributed by atoms with Crippen LogP contribution in [0.15, 0.2) is 0 Å². The molecule has 1 spiro atoms. The van der Waals surface area contributed by atoms with E-state index in [-0.39, 0.29) is 0 Å². The zero-order valence-corrected chi connectivity index (χ0v) is 17.0. The zero-order valence-electron chi connectivity index (χ0n) is 16.2. The first kappa shape index (κ1) is 17.8. The van der Waals surface area contributed by atoms with Crippen molar-refractivity contribution in [1.29, 1.82) is 0 Å². The van der Waals surface area contributed by atoms with E-state index in [1.165, 1.54) is 76.0 Å². The third kappa shape index (κ3) is 3.33. The number of thioether (sulfide) groups is 1. The van der Waals surface area contributed by atoms with Crippen molar-refractivity contribution in [2.24, 2.45) is 11.3 Å². The Bertz CT molecular complexity index is 515. The molecule has 3 saturated heterocycles. The molecule has 5 fully saturated rings. The van der Waals surface area contributed by atoms with Crippen LogP contribution in [0.25, 0.3) is 0 Å². The molecule has 146 valence electrons. The van der Waals surface area contributed by atoms with Gasteiger partial charge in [-0.25, -0.2) is 0 Å². The van der Waals surface area contributed by atoms with Gasteiger partial charge in [0.05, 0.1) is 0 Å². The molecule has 5 heteroatoms. The number of likely N-dealkylation sites (tertiary alicyclic amines) is 1. The normalized spacial score (nSPS) is 36.1. The molecule has 4 nitrogen and oxygen atoms in total. The molecule has 26 heavy (non-hydrogen) atoms. The number of nitrogens with zero attached hydrogens (tertiary/aromatic N) is 3. The summed E-state index contributed by atoms with van der Waals surface area (Å²) in [4.78, 5) is 20.7. The van der Waals surface area contributed by atoms with Crippen molar-refractivity contribution in [2.45, 2.75) is 63.5 Å². The smallest absolute Gasteiger partial charge is 0.226 e. The second kappa shape index (κ2) is 7.29. The van der Waals surface area contributed by atoms with Crippen LogP contribution in [0.5, 0.6) is 0 Å². The quantitative estimate of drug-likeness (QED) is 0.756. The van der Waals surface area contributed by atoms with Gasteiger partial charge in [-0.2, -0.15) is 11.8 Å². The van der Waals surface area contributed by atoms with Gasteiger partial charge in [0.15, 0.2) is 0 Å². The standard InChI is InChI=1S/C21H35N3OS/c25-20(24-12-10-23(11-13-24)17-3-1-4-17)19-15-21(19)6-8-22(9-7-21)18-5-2-14-26-16-18/h17-19H,1-16H2. The lowest BCUT2D eigenvalue weighted by atomic mass is 9.89. The Morgan fingerprint density at radius 1 is 0.846 bits per heavy atom. The molecule has 3 aliphatic heterocycles. The van der Waals surface area contributed by atoms with E-state index in [4.69, 9.17) is 0 Å². The summed E-state index contributed by atoms with van der Waals surface area (Å²) in [5, 5.41) is 0. The maximum atomic E-state index is 13.1. The average molecular weight is 378 g/mol. The Morgan fingerprint density at radius 2 is 1.54 bits per heavy atom. The molecule has 0 aromatic heterocycles. The van der Waals surface area contributed by atoms with E-state index in [1.54, 1.807) is 0 Å². The van der Waals surface area contributed by atoms with Gasteiger partial charge in [-0.1, -0.05) is 6.42 Å². The number of carbonyl (C=O) groups excluding carboxylic acids is 1. The van der Waals surface area contributed by atoms with Gasteiger partial charge in [0, 0.05) is 49.9 Å². The molecule has 5 aliphatic rings. The minimum Gasteiger partial charge on any atom is -0.340 e. The molecular weight excluding hydrogens is 342 g/mol. The first-order valence-corrected chi connectivity index (χ1v) is 12.3. The van der Waals surface area contributed by atoms with Gasteiger partial charge >= 0.3 is 0 Å². The second-order valence-corrected chi connectivity index (χ2v) is 10.6. The zero-order chi connectivity index (χ0) is 17.6. The lowest BCUT2D eigenvalue weighted by molar-refractivity contribution is -0.136. The number of piperidine rings is 1. The minimum absolute atomic E-state index is 0.362. The highest BCUT2D eigenvalue weighted by molar-refractivity contribution is 7.99. The molecule has 3 heterocycles. The summed E-state index contributed by atoms with van der Waals surface area (Å²) >= 11 is 2.14. The van der Waals surface area contributed by atoms with Crippen LogP contribution >= 0.6 is 11.8 Å². The summed E-state index contributed by atoms with van der Waals surface area (Å²) in [5.41, 5.74) is 0.389. The highest BCUT2D eigenvalue weighted by Gasteiger charge is 2.59. The SMILES string of the molecule is O=C(C1CC12CCN(C1CCCSC1)CC2)N1CCN(C2CCC2)CC1. The summed E-state index contributed by atoms with van der Waals surface area (Å²) < 4.78 is 0. The van der Waals surface area contributed by atoms with Crippen LogP contribution in [0.1, 0.15) is 51.4 Å².